The highest BCUT2D eigenvalue weighted by Crippen LogP contribution is 2.55. The molecule has 3 atom stereocenters. The van der Waals surface area contributed by atoms with Crippen LogP contribution in [0.4, 0.5) is 22.0 Å². The van der Waals surface area contributed by atoms with Crippen LogP contribution in [0.3, 0.4) is 0 Å². The van der Waals surface area contributed by atoms with Gasteiger partial charge in [-0.1, -0.05) is 5.16 Å². The number of alkyl halides is 3. The molecule has 0 bridgehead atoms. The van der Waals surface area contributed by atoms with E-state index in [1.807, 2.05) is 21.6 Å². The first-order valence-corrected chi connectivity index (χ1v) is 21.6. The maximum Gasteiger partial charge on any atom is 0.438 e. The second-order valence-electron chi connectivity index (χ2n) is 18.2. The largest absolute Gasteiger partial charge is 0.438 e. The molecule has 0 radical (unpaired) electrons. The average Bonchev–Trinajstić information content (AvgIpc) is 3.73. The third-order valence-corrected chi connectivity index (χ3v) is 13.8. The van der Waals surface area contributed by atoms with Crippen molar-refractivity contribution < 1.29 is 36.3 Å². The van der Waals surface area contributed by atoms with Gasteiger partial charge >= 0.3 is 17.6 Å². The minimum absolute atomic E-state index is 0.0193. The van der Waals surface area contributed by atoms with Crippen molar-refractivity contribution in [1.82, 2.24) is 48.1 Å². The molecule has 2 fully saturated rings. The van der Waals surface area contributed by atoms with Crippen molar-refractivity contribution in [3.8, 4) is 17.2 Å². The van der Waals surface area contributed by atoms with Crippen molar-refractivity contribution in [2.24, 2.45) is 7.05 Å². The van der Waals surface area contributed by atoms with E-state index in [4.69, 9.17) is 14.4 Å². The smallest absolute Gasteiger partial charge is 0.376 e. The number of imidazole rings is 1. The number of rotatable bonds is 8. The zero-order chi connectivity index (χ0) is 46.2. The summed E-state index contributed by atoms with van der Waals surface area (Å²) in [6.45, 7) is 6.78. The summed E-state index contributed by atoms with van der Waals surface area (Å²) in [5.74, 6) is -2.34. The van der Waals surface area contributed by atoms with Crippen LogP contribution < -0.4 is 11.4 Å². The predicted molar refractivity (Wildman–Crippen MR) is 228 cm³/mol. The van der Waals surface area contributed by atoms with Gasteiger partial charge in [-0.2, -0.15) is 23.4 Å². The van der Waals surface area contributed by atoms with Crippen molar-refractivity contribution >= 4 is 16.4 Å². The quantitative estimate of drug-likeness (QED) is 0.150. The number of aryl methyl sites for hydroxylation is 1. The van der Waals surface area contributed by atoms with Crippen molar-refractivity contribution in [2.75, 3.05) is 13.2 Å². The molecule has 0 spiro atoms. The van der Waals surface area contributed by atoms with Gasteiger partial charge in [-0.25, -0.2) is 23.1 Å². The summed E-state index contributed by atoms with van der Waals surface area (Å²) in [7, 11) is 1.66. The Labute approximate surface area is 371 Å². The average molecular weight is 911 g/mol. The molecular formula is C46H43F5N10O5. The SMILES string of the molecule is C[C@H]1c2c(nn(-c3ccc(F)c(C(F)(F)F)c3)c2-n2ccn(-c3ccc4c(cnn4C)c3F)c2=O)CCN1C(O)c1cc2cc([C@@H]3CCOC(C)(C)C3)ccn2c1C1(c2noc(=O)[nH]2)CC1. The van der Waals surface area contributed by atoms with Crippen LogP contribution in [0.15, 0.2) is 87.4 Å². The first kappa shape index (κ1) is 42.0. The lowest BCUT2D eigenvalue weighted by molar-refractivity contribution is -0.140. The Hall–Kier alpha value is -6.64. The molecule has 342 valence electrons. The van der Waals surface area contributed by atoms with Gasteiger partial charge in [-0.05, 0) is 106 Å². The molecule has 1 unspecified atom stereocenters. The number of halogens is 5. The Balaban J connectivity index is 1.06. The highest BCUT2D eigenvalue weighted by atomic mass is 19.4. The Kier molecular flexibility index (Phi) is 9.35. The number of aromatic amines is 1. The van der Waals surface area contributed by atoms with Crippen molar-refractivity contribution in [1.29, 1.82) is 0 Å². The van der Waals surface area contributed by atoms with Crippen LogP contribution in [0, 0.1) is 11.6 Å². The van der Waals surface area contributed by atoms with Gasteiger partial charge in [0.1, 0.15) is 17.9 Å². The molecule has 15 nitrogen and oxygen atoms in total. The van der Waals surface area contributed by atoms with Crippen LogP contribution in [0.5, 0.6) is 0 Å². The molecule has 66 heavy (non-hydrogen) atoms. The molecule has 11 rings (SSSR count). The lowest BCUT2D eigenvalue weighted by Crippen LogP contribution is -2.38. The number of fused-ring (bicyclic) bond motifs is 3. The van der Waals surface area contributed by atoms with E-state index >= 15 is 4.39 Å². The van der Waals surface area contributed by atoms with Crippen LogP contribution >= 0.6 is 0 Å². The second kappa shape index (κ2) is 14.7. The fourth-order valence-electron chi connectivity index (χ4n) is 10.4. The topological polar surface area (TPSA) is 159 Å². The van der Waals surface area contributed by atoms with Gasteiger partial charge in [-0.15, -0.1) is 0 Å². The van der Waals surface area contributed by atoms with E-state index in [2.05, 4.69) is 41.2 Å². The lowest BCUT2D eigenvalue weighted by atomic mass is 9.84. The standard InChI is InChI=1S/C46H43F5N10O5/c1-24-36-33(54-61(27-5-6-32(47)31(21-27)46(49,50)51)39(36)60-17-16-59(43(60)64)35-8-7-34-30(37(35)48)23-52-56(34)4)10-15-57(24)40(62)29-20-28-19-25(26-11-18-65-44(2,3)22-26)9-14-58(28)38(29)45(12-13-45)41-53-42(63)66-55-41/h5-9,14,16-17,19-21,23-24,26,40,62H,10-13,15,18,22H2,1-4H3,(H,53,55,63)/t24-,26+,40?/m0/s1. The molecule has 1 saturated heterocycles. The van der Waals surface area contributed by atoms with E-state index in [0.717, 1.165) is 39.2 Å². The van der Waals surface area contributed by atoms with Crippen LogP contribution in [-0.2, 0) is 29.8 Å². The number of aromatic nitrogens is 9. The molecule has 2 N–H and O–H groups in total. The maximum absolute atomic E-state index is 16.1. The van der Waals surface area contributed by atoms with Crippen LogP contribution in [-0.4, -0.2) is 72.0 Å². The number of aliphatic hydroxyl groups is 1. The number of H-pyrrole nitrogens is 1. The van der Waals surface area contributed by atoms with Crippen molar-refractivity contribution in [2.45, 2.75) is 88.3 Å². The summed E-state index contributed by atoms with van der Waals surface area (Å²) < 4.78 is 91.3. The van der Waals surface area contributed by atoms with E-state index in [9.17, 15) is 32.3 Å². The van der Waals surface area contributed by atoms with E-state index < -0.39 is 52.5 Å². The third-order valence-electron chi connectivity index (χ3n) is 13.8. The van der Waals surface area contributed by atoms with Gasteiger partial charge < -0.3 is 14.2 Å². The Morgan fingerprint density at radius 1 is 1.00 bits per heavy atom. The Morgan fingerprint density at radius 3 is 2.52 bits per heavy atom. The van der Waals surface area contributed by atoms with Crippen LogP contribution in [0.2, 0.25) is 0 Å². The third kappa shape index (κ3) is 6.51. The van der Waals surface area contributed by atoms with Crippen molar-refractivity contribution in [3.63, 3.8) is 0 Å². The number of hydrogen-bond donors (Lipinski definition) is 2. The number of nitrogens with one attached hydrogen (secondary N) is 1. The molecule has 2 aliphatic heterocycles. The number of hydrogen-bond acceptors (Lipinski definition) is 9. The Bertz CT molecular complexity index is 3360. The first-order valence-electron chi connectivity index (χ1n) is 21.6. The monoisotopic (exact) mass is 910 g/mol. The van der Waals surface area contributed by atoms with Gasteiger partial charge in [0.25, 0.3) is 0 Å². The van der Waals surface area contributed by atoms with Crippen LogP contribution in [0.1, 0.15) is 104 Å². The number of aliphatic hydroxyl groups excluding tert-OH is 1. The molecule has 2 aromatic carbocycles. The Morgan fingerprint density at radius 2 is 1.79 bits per heavy atom. The van der Waals surface area contributed by atoms with Gasteiger partial charge in [0.05, 0.1) is 50.7 Å². The molecule has 8 heterocycles. The maximum atomic E-state index is 16.1. The number of nitrogens with zero attached hydrogens (tertiary/aromatic N) is 9. The molecule has 0 amide bonds. The van der Waals surface area contributed by atoms with Gasteiger partial charge in [0.15, 0.2) is 11.6 Å². The summed E-state index contributed by atoms with van der Waals surface area (Å²) >= 11 is 0. The molecule has 20 heteroatoms. The number of ether oxygens (including phenoxy) is 1. The van der Waals surface area contributed by atoms with Crippen molar-refractivity contribution in [3.05, 3.63) is 145 Å². The van der Waals surface area contributed by atoms with Gasteiger partial charge in [0, 0.05) is 73.6 Å². The van der Waals surface area contributed by atoms with E-state index in [1.54, 1.807) is 20.0 Å². The molecule has 6 aromatic heterocycles. The summed E-state index contributed by atoms with van der Waals surface area (Å²) in [6, 6.07) is 10.9. The summed E-state index contributed by atoms with van der Waals surface area (Å²) in [6.07, 6.45) is 2.69. The zero-order valence-corrected chi connectivity index (χ0v) is 36.1. The number of benzene rings is 2. The highest BCUT2D eigenvalue weighted by molar-refractivity contribution is 5.81. The number of pyridine rings is 1. The first-order chi connectivity index (χ1) is 31.4. The summed E-state index contributed by atoms with van der Waals surface area (Å²) in [5.41, 5.74) is 0.786. The zero-order valence-electron chi connectivity index (χ0n) is 36.1. The molecular weight excluding hydrogens is 868 g/mol. The van der Waals surface area contributed by atoms with Gasteiger partial charge in [0.2, 0.25) is 0 Å². The van der Waals surface area contributed by atoms with Crippen LogP contribution in [0.25, 0.3) is 33.6 Å². The van der Waals surface area contributed by atoms with E-state index in [0.29, 0.717) is 65.4 Å². The summed E-state index contributed by atoms with van der Waals surface area (Å²) in [4.78, 5) is 31.4. The van der Waals surface area contributed by atoms with Gasteiger partial charge in [-0.3, -0.25) is 28.2 Å². The molecule has 1 aliphatic carbocycles. The fraction of sp³-hybridized carbons (Fsp3) is 0.370. The minimum atomic E-state index is -5.05. The van der Waals surface area contributed by atoms with E-state index in [-0.39, 0.29) is 47.1 Å². The summed E-state index contributed by atoms with van der Waals surface area (Å²) in [5, 5.41) is 25.9. The minimum Gasteiger partial charge on any atom is -0.376 e. The molecule has 1 saturated carbocycles. The fourth-order valence-corrected chi connectivity index (χ4v) is 10.4. The lowest BCUT2D eigenvalue weighted by Gasteiger charge is -2.37. The predicted octanol–water partition coefficient (Wildman–Crippen LogP) is 7.29. The normalized spacial score (nSPS) is 20.0. The molecule has 8 aromatic rings. The molecule has 3 aliphatic rings. The second-order valence-corrected chi connectivity index (χ2v) is 18.2. The highest BCUT2D eigenvalue weighted by Gasteiger charge is 2.54. The van der Waals surface area contributed by atoms with E-state index in [1.165, 1.54) is 33.9 Å².